The molecule has 0 saturated carbocycles. The number of halogens is 1. The maximum absolute atomic E-state index is 13.0. The van der Waals surface area contributed by atoms with Gasteiger partial charge in [-0.25, -0.2) is 0 Å². The number of hydrogen-bond acceptors (Lipinski definition) is 2. The largest absolute Gasteiger partial charge is 0.345 e. The van der Waals surface area contributed by atoms with Gasteiger partial charge in [-0.05, 0) is 73.8 Å². The molecule has 0 saturated heterocycles. The second-order valence-corrected chi connectivity index (χ2v) is 8.29. The Kier molecular flexibility index (Phi) is 4.56. The molecule has 1 heterocycles. The van der Waals surface area contributed by atoms with Gasteiger partial charge in [0.25, 0.3) is 5.91 Å². The van der Waals surface area contributed by atoms with Crippen LogP contribution in [0.1, 0.15) is 64.5 Å². The maximum Gasteiger partial charge on any atom is 0.251 e. The number of pyridine rings is 1. The van der Waals surface area contributed by atoms with E-state index in [1.54, 1.807) is 0 Å². The lowest BCUT2D eigenvalue weighted by atomic mass is 9.87. The van der Waals surface area contributed by atoms with Crippen LogP contribution in [0.5, 0.6) is 0 Å². The monoisotopic (exact) mass is 390 g/mol. The van der Waals surface area contributed by atoms with Gasteiger partial charge in [0, 0.05) is 16.6 Å². The highest BCUT2D eigenvalue weighted by Gasteiger charge is 2.23. The molecule has 2 aliphatic rings. The Labute approximate surface area is 170 Å². The van der Waals surface area contributed by atoms with Crippen molar-refractivity contribution in [2.24, 2.45) is 0 Å². The van der Waals surface area contributed by atoms with Gasteiger partial charge in [-0.3, -0.25) is 9.78 Å². The summed E-state index contributed by atoms with van der Waals surface area (Å²) in [5.41, 5.74) is 6.35. The Hall–Kier alpha value is -2.39. The van der Waals surface area contributed by atoms with Gasteiger partial charge in [-0.2, -0.15) is 0 Å². The number of hydrogen-bond donors (Lipinski definition) is 1. The summed E-state index contributed by atoms with van der Waals surface area (Å²) in [6.07, 6.45) is 7.47. The predicted octanol–water partition coefficient (Wildman–Crippen LogP) is 5.57. The van der Waals surface area contributed by atoms with Gasteiger partial charge < -0.3 is 5.32 Å². The molecule has 0 radical (unpaired) electrons. The molecule has 1 atom stereocenters. The molecule has 0 unspecified atom stereocenters. The molecule has 2 aliphatic carbocycles. The molecule has 3 aromatic rings. The highest BCUT2D eigenvalue weighted by Crippen LogP contribution is 2.34. The molecule has 0 spiro atoms. The lowest BCUT2D eigenvalue weighted by Gasteiger charge is -2.26. The molecular formula is C24H23ClN2O. The molecule has 1 N–H and O–H groups in total. The summed E-state index contributed by atoms with van der Waals surface area (Å²) >= 11 is 6.66. The minimum Gasteiger partial charge on any atom is -0.345 e. The van der Waals surface area contributed by atoms with Crippen LogP contribution in [0.2, 0.25) is 5.02 Å². The second kappa shape index (κ2) is 7.21. The third-order valence-corrected chi connectivity index (χ3v) is 6.56. The number of carbonyl (C=O) groups excluding carboxylic acids is 1. The topological polar surface area (TPSA) is 42.0 Å². The second-order valence-electron chi connectivity index (χ2n) is 7.91. The van der Waals surface area contributed by atoms with Gasteiger partial charge in [0.05, 0.1) is 16.6 Å². The van der Waals surface area contributed by atoms with Crippen molar-refractivity contribution in [3.63, 3.8) is 0 Å². The van der Waals surface area contributed by atoms with E-state index in [4.69, 9.17) is 16.6 Å². The van der Waals surface area contributed by atoms with Crippen LogP contribution in [0.25, 0.3) is 10.9 Å². The molecule has 1 amide bonds. The standard InChI is InChI=1S/C24H23ClN2O/c25-23-18-9-3-4-10-21(18)26-22-14-16(12-13-19(22)23)24(28)27-20-11-5-7-15-6-1-2-8-17(15)20/h1-2,6,8,12-14,20H,3-5,7,9-11H2,(H,27,28)/t20-/m1/s1. The van der Waals surface area contributed by atoms with Crippen LogP contribution in [0.4, 0.5) is 0 Å². The number of aryl methyl sites for hydroxylation is 2. The Morgan fingerprint density at radius 2 is 1.89 bits per heavy atom. The van der Waals surface area contributed by atoms with E-state index in [2.05, 4.69) is 29.6 Å². The zero-order valence-electron chi connectivity index (χ0n) is 15.8. The van der Waals surface area contributed by atoms with Gasteiger partial charge in [-0.15, -0.1) is 0 Å². The zero-order chi connectivity index (χ0) is 19.1. The molecule has 3 nitrogen and oxygen atoms in total. The third kappa shape index (κ3) is 3.08. The first-order valence-corrected chi connectivity index (χ1v) is 10.6. The van der Waals surface area contributed by atoms with E-state index in [1.165, 1.54) is 23.1 Å². The van der Waals surface area contributed by atoms with E-state index in [9.17, 15) is 4.79 Å². The van der Waals surface area contributed by atoms with Crippen LogP contribution in [0, 0.1) is 0 Å². The summed E-state index contributed by atoms with van der Waals surface area (Å²) in [7, 11) is 0. The molecular weight excluding hydrogens is 368 g/mol. The number of amides is 1. The van der Waals surface area contributed by atoms with E-state index >= 15 is 0 Å². The quantitative estimate of drug-likeness (QED) is 0.621. The highest BCUT2D eigenvalue weighted by atomic mass is 35.5. The van der Waals surface area contributed by atoms with Gasteiger partial charge >= 0.3 is 0 Å². The predicted molar refractivity (Wildman–Crippen MR) is 113 cm³/mol. The number of nitrogens with one attached hydrogen (secondary N) is 1. The molecule has 0 fully saturated rings. The van der Waals surface area contributed by atoms with E-state index in [0.717, 1.165) is 60.1 Å². The molecule has 0 aliphatic heterocycles. The summed E-state index contributed by atoms with van der Waals surface area (Å²) in [6, 6.07) is 14.2. The van der Waals surface area contributed by atoms with Crippen molar-refractivity contribution in [1.29, 1.82) is 0 Å². The van der Waals surface area contributed by atoms with Crippen LogP contribution in [0.15, 0.2) is 42.5 Å². The van der Waals surface area contributed by atoms with Crippen molar-refractivity contribution in [1.82, 2.24) is 10.3 Å². The average molecular weight is 391 g/mol. The fourth-order valence-corrected chi connectivity index (χ4v) is 5.02. The lowest BCUT2D eigenvalue weighted by Crippen LogP contribution is -2.31. The van der Waals surface area contributed by atoms with Crippen molar-refractivity contribution < 1.29 is 4.79 Å². The summed E-state index contributed by atoms with van der Waals surface area (Å²) in [5, 5.41) is 4.99. The van der Waals surface area contributed by atoms with Crippen molar-refractivity contribution in [2.45, 2.75) is 51.0 Å². The SMILES string of the molecule is O=C(N[C@@H]1CCCc2ccccc21)c1ccc2c(Cl)c3c(nc2c1)CCCC3. The van der Waals surface area contributed by atoms with E-state index < -0.39 is 0 Å². The smallest absolute Gasteiger partial charge is 0.251 e. The number of rotatable bonds is 2. The number of aromatic nitrogens is 1. The van der Waals surface area contributed by atoms with Crippen LogP contribution in [0.3, 0.4) is 0 Å². The molecule has 5 rings (SSSR count). The van der Waals surface area contributed by atoms with Crippen LogP contribution >= 0.6 is 11.6 Å². The number of fused-ring (bicyclic) bond motifs is 3. The van der Waals surface area contributed by atoms with Crippen LogP contribution in [-0.2, 0) is 19.3 Å². The van der Waals surface area contributed by atoms with Gasteiger partial charge in [-0.1, -0.05) is 41.9 Å². The fourth-order valence-electron chi connectivity index (χ4n) is 4.65. The van der Waals surface area contributed by atoms with E-state index in [1.807, 2.05) is 18.2 Å². The van der Waals surface area contributed by atoms with Crippen LogP contribution < -0.4 is 5.32 Å². The van der Waals surface area contributed by atoms with E-state index in [-0.39, 0.29) is 11.9 Å². The van der Waals surface area contributed by atoms with Crippen molar-refractivity contribution in [2.75, 3.05) is 0 Å². The average Bonchev–Trinajstić information content (AvgIpc) is 2.74. The minimum atomic E-state index is -0.0424. The Morgan fingerprint density at radius 3 is 2.82 bits per heavy atom. The van der Waals surface area contributed by atoms with Crippen LogP contribution in [-0.4, -0.2) is 10.9 Å². The van der Waals surface area contributed by atoms with Gasteiger partial charge in [0.2, 0.25) is 0 Å². The fraction of sp³-hybridized carbons (Fsp3) is 0.333. The molecule has 0 bridgehead atoms. The van der Waals surface area contributed by atoms with Gasteiger partial charge in [0.1, 0.15) is 0 Å². The molecule has 2 aromatic carbocycles. The minimum absolute atomic E-state index is 0.0424. The normalized spacial score (nSPS) is 18.4. The number of carbonyl (C=O) groups is 1. The molecule has 1 aromatic heterocycles. The molecule has 4 heteroatoms. The summed E-state index contributed by atoms with van der Waals surface area (Å²) in [5.74, 6) is -0.0424. The summed E-state index contributed by atoms with van der Waals surface area (Å²) in [4.78, 5) is 17.8. The first kappa shape index (κ1) is 17.7. The molecule has 142 valence electrons. The molecule has 28 heavy (non-hydrogen) atoms. The van der Waals surface area contributed by atoms with E-state index in [0.29, 0.717) is 5.56 Å². The lowest BCUT2D eigenvalue weighted by molar-refractivity contribution is 0.0933. The number of nitrogens with zero attached hydrogens (tertiary/aromatic N) is 1. The first-order valence-electron chi connectivity index (χ1n) is 10.2. The first-order chi connectivity index (χ1) is 13.7. The highest BCUT2D eigenvalue weighted by molar-refractivity contribution is 6.36. The Balaban J connectivity index is 1.46. The van der Waals surface area contributed by atoms with Crippen molar-refractivity contribution in [3.05, 3.63) is 75.4 Å². The number of benzene rings is 2. The van der Waals surface area contributed by atoms with Crippen molar-refractivity contribution >= 4 is 28.4 Å². The van der Waals surface area contributed by atoms with Gasteiger partial charge in [0.15, 0.2) is 0 Å². The van der Waals surface area contributed by atoms with Crippen molar-refractivity contribution in [3.8, 4) is 0 Å². The Bertz CT molecular complexity index is 1080. The Morgan fingerprint density at radius 1 is 1.04 bits per heavy atom. The third-order valence-electron chi connectivity index (χ3n) is 6.13. The summed E-state index contributed by atoms with van der Waals surface area (Å²) < 4.78 is 0. The maximum atomic E-state index is 13.0. The summed E-state index contributed by atoms with van der Waals surface area (Å²) in [6.45, 7) is 0. The zero-order valence-corrected chi connectivity index (χ0v) is 16.6.